The lowest BCUT2D eigenvalue weighted by Crippen LogP contribution is -2.23. The highest BCUT2D eigenvalue weighted by atomic mass is 16.3. The van der Waals surface area contributed by atoms with Gasteiger partial charge >= 0.3 is 0 Å². The number of hydrogen-bond donors (Lipinski definition) is 2. The maximum absolute atomic E-state index is 11.8. The summed E-state index contributed by atoms with van der Waals surface area (Å²) in [5, 5.41) is 2.82. The van der Waals surface area contributed by atoms with Crippen LogP contribution in [-0.4, -0.2) is 5.91 Å². The van der Waals surface area contributed by atoms with Gasteiger partial charge in [-0.05, 0) is 30.2 Å². The van der Waals surface area contributed by atoms with Gasteiger partial charge < -0.3 is 15.5 Å². The van der Waals surface area contributed by atoms with E-state index in [0.29, 0.717) is 18.8 Å². The molecule has 2 rings (SSSR count). The second-order valence-corrected chi connectivity index (χ2v) is 4.07. The van der Waals surface area contributed by atoms with E-state index in [1.165, 1.54) is 0 Å². The molecular formula is C14H16N2O2. The van der Waals surface area contributed by atoms with Crippen LogP contribution in [0, 0.1) is 6.92 Å². The minimum absolute atomic E-state index is 0.213. The summed E-state index contributed by atoms with van der Waals surface area (Å²) in [5.41, 5.74) is 7.70. The van der Waals surface area contributed by atoms with Gasteiger partial charge in [-0.25, -0.2) is 0 Å². The second-order valence-electron chi connectivity index (χ2n) is 4.07. The van der Waals surface area contributed by atoms with Crippen LogP contribution >= 0.6 is 0 Å². The topological polar surface area (TPSA) is 68.3 Å². The van der Waals surface area contributed by atoms with E-state index >= 15 is 0 Å². The Kier molecular flexibility index (Phi) is 3.79. The number of nitrogens with two attached hydrogens (primary N) is 1. The molecule has 2 aromatic rings. The highest BCUT2D eigenvalue weighted by Crippen LogP contribution is 2.09. The lowest BCUT2D eigenvalue weighted by molar-refractivity contribution is 0.0922. The highest BCUT2D eigenvalue weighted by Gasteiger charge is 2.09. The van der Waals surface area contributed by atoms with E-state index in [0.717, 1.165) is 16.9 Å². The van der Waals surface area contributed by atoms with E-state index in [4.69, 9.17) is 10.2 Å². The summed E-state index contributed by atoms with van der Waals surface area (Å²) >= 11 is 0. The average Bonchev–Trinajstić information content (AvgIpc) is 2.83. The van der Waals surface area contributed by atoms with Gasteiger partial charge in [0.1, 0.15) is 5.76 Å². The number of carbonyl (C=O) groups is 1. The lowest BCUT2D eigenvalue weighted by atomic mass is 10.1. The predicted octanol–water partition coefficient (Wildman–Crippen LogP) is 1.98. The Hall–Kier alpha value is -2.07. The van der Waals surface area contributed by atoms with E-state index in [-0.39, 0.29) is 5.91 Å². The van der Waals surface area contributed by atoms with Gasteiger partial charge in [0.25, 0.3) is 5.91 Å². The SMILES string of the molecule is Cc1ccc(C(=O)NCc2ccccc2CN)o1. The number of aryl methyl sites for hydroxylation is 1. The molecule has 0 saturated heterocycles. The van der Waals surface area contributed by atoms with Gasteiger partial charge in [0.15, 0.2) is 5.76 Å². The van der Waals surface area contributed by atoms with Crippen molar-refractivity contribution >= 4 is 5.91 Å². The first-order chi connectivity index (χ1) is 8.70. The summed E-state index contributed by atoms with van der Waals surface area (Å²) in [5.74, 6) is 0.843. The van der Waals surface area contributed by atoms with Crippen molar-refractivity contribution in [2.45, 2.75) is 20.0 Å². The first kappa shape index (κ1) is 12.4. The van der Waals surface area contributed by atoms with E-state index in [9.17, 15) is 4.79 Å². The fourth-order valence-electron chi connectivity index (χ4n) is 1.75. The Bertz CT molecular complexity index is 546. The molecule has 1 aromatic carbocycles. The van der Waals surface area contributed by atoms with Crippen LogP contribution in [0.15, 0.2) is 40.8 Å². The van der Waals surface area contributed by atoms with Crippen molar-refractivity contribution in [1.29, 1.82) is 0 Å². The fraction of sp³-hybridized carbons (Fsp3) is 0.214. The summed E-state index contributed by atoms with van der Waals surface area (Å²) in [4.78, 5) is 11.8. The Balaban J connectivity index is 2.01. The van der Waals surface area contributed by atoms with Gasteiger partial charge in [-0.1, -0.05) is 24.3 Å². The molecule has 0 fully saturated rings. The smallest absolute Gasteiger partial charge is 0.287 e. The Morgan fingerprint density at radius 1 is 1.22 bits per heavy atom. The fourth-order valence-corrected chi connectivity index (χ4v) is 1.75. The number of carbonyl (C=O) groups excluding carboxylic acids is 1. The molecule has 0 aliphatic carbocycles. The Morgan fingerprint density at radius 3 is 2.56 bits per heavy atom. The normalized spacial score (nSPS) is 10.3. The second kappa shape index (κ2) is 5.51. The maximum atomic E-state index is 11.8. The molecule has 0 aliphatic heterocycles. The van der Waals surface area contributed by atoms with Crippen molar-refractivity contribution in [2.24, 2.45) is 5.73 Å². The largest absolute Gasteiger partial charge is 0.456 e. The summed E-state index contributed by atoms with van der Waals surface area (Å²) < 4.78 is 5.25. The molecule has 3 N–H and O–H groups in total. The molecule has 1 amide bonds. The molecule has 4 heteroatoms. The molecule has 0 spiro atoms. The first-order valence-corrected chi connectivity index (χ1v) is 5.82. The molecule has 4 nitrogen and oxygen atoms in total. The van der Waals surface area contributed by atoms with Crippen molar-refractivity contribution in [2.75, 3.05) is 0 Å². The third-order valence-electron chi connectivity index (χ3n) is 2.74. The van der Waals surface area contributed by atoms with E-state index in [2.05, 4.69) is 5.32 Å². The summed E-state index contributed by atoms with van der Waals surface area (Å²) in [7, 11) is 0. The summed E-state index contributed by atoms with van der Waals surface area (Å²) in [6, 6.07) is 11.2. The van der Waals surface area contributed by atoms with Gasteiger partial charge in [0.2, 0.25) is 0 Å². The molecule has 94 valence electrons. The van der Waals surface area contributed by atoms with Crippen molar-refractivity contribution in [3.05, 3.63) is 59.0 Å². The standard InChI is InChI=1S/C14H16N2O2/c1-10-6-7-13(18-10)14(17)16-9-12-5-3-2-4-11(12)8-15/h2-7H,8-9,15H2,1H3,(H,16,17). The molecule has 1 heterocycles. The summed E-state index contributed by atoms with van der Waals surface area (Å²) in [6.45, 7) is 2.72. The van der Waals surface area contributed by atoms with E-state index in [1.807, 2.05) is 24.3 Å². The van der Waals surface area contributed by atoms with Crippen molar-refractivity contribution in [3.63, 3.8) is 0 Å². The van der Waals surface area contributed by atoms with Crippen molar-refractivity contribution in [3.8, 4) is 0 Å². The predicted molar refractivity (Wildman–Crippen MR) is 68.9 cm³/mol. The van der Waals surface area contributed by atoms with Gasteiger partial charge in [0.05, 0.1) is 0 Å². The highest BCUT2D eigenvalue weighted by molar-refractivity contribution is 5.91. The monoisotopic (exact) mass is 244 g/mol. The number of furan rings is 1. The number of nitrogens with one attached hydrogen (secondary N) is 1. The molecule has 0 saturated carbocycles. The zero-order valence-electron chi connectivity index (χ0n) is 10.3. The number of benzene rings is 1. The molecular weight excluding hydrogens is 228 g/mol. The van der Waals surface area contributed by atoms with Crippen LogP contribution in [0.4, 0.5) is 0 Å². The third-order valence-corrected chi connectivity index (χ3v) is 2.74. The lowest BCUT2D eigenvalue weighted by Gasteiger charge is -2.08. The molecule has 0 atom stereocenters. The molecule has 18 heavy (non-hydrogen) atoms. The molecule has 0 bridgehead atoms. The molecule has 1 aromatic heterocycles. The van der Waals surface area contributed by atoms with Gasteiger partial charge in [-0.2, -0.15) is 0 Å². The van der Waals surface area contributed by atoms with Crippen LogP contribution in [0.25, 0.3) is 0 Å². The van der Waals surface area contributed by atoms with Gasteiger partial charge in [0, 0.05) is 13.1 Å². The number of rotatable bonds is 4. The quantitative estimate of drug-likeness (QED) is 0.864. The zero-order valence-corrected chi connectivity index (χ0v) is 10.3. The number of hydrogen-bond acceptors (Lipinski definition) is 3. The van der Waals surface area contributed by atoms with Crippen LogP contribution in [-0.2, 0) is 13.1 Å². The van der Waals surface area contributed by atoms with Crippen molar-refractivity contribution in [1.82, 2.24) is 5.32 Å². The Labute approximate surface area is 106 Å². The average molecular weight is 244 g/mol. The third kappa shape index (κ3) is 2.78. The van der Waals surface area contributed by atoms with Crippen molar-refractivity contribution < 1.29 is 9.21 Å². The summed E-state index contributed by atoms with van der Waals surface area (Å²) in [6.07, 6.45) is 0. The van der Waals surface area contributed by atoms with Crippen LogP contribution < -0.4 is 11.1 Å². The maximum Gasteiger partial charge on any atom is 0.287 e. The minimum Gasteiger partial charge on any atom is -0.456 e. The molecule has 0 radical (unpaired) electrons. The molecule has 0 aliphatic rings. The van der Waals surface area contributed by atoms with Crippen LogP contribution in [0.1, 0.15) is 27.4 Å². The molecule has 0 unspecified atom stereocenters. The minimum atomic E-state index is -0.213. The number of amides is 1. The Morgan fingerprint density at radius 2 is 1.94 bits per heavy atom. The van der Waals surface area contributed by atoms with Gasteiger partial charge in [-0.3, -0.25) is 4.79 Å². The first-order valence-electron chi connectivity index (χ1n) is 5.82. The van der Waals surface area contributed by atoms with Crippen LogP contribution in [0.3, 0.4) is 0 Å². The van der Waals surface area contributed by atoms with Gasteiger partial charge in [-0.15, -0.1) is 0 Å². The zero-order chi connectivity index (χ0) is 13.0. The van der Waals surface area contributed by atoms with E-state index in [1.54, 1.807) is 19.1 Å². The van der Waals surface area contributed by atoms with Crippen LogP contribution in [0.5, 0.6) is 0 Å². The van der Waals surface area contributed by atoms with E-state index < -0.39 is 0 Å². The van der Waals surface area contributed by atoms with Crippen LogP contribution in [0.2, 0.25) is 0 Å².